The minimum Gasteiger partial charge on any atom is -0.405 e. The highest BCUT2D eigenvalue weighted by molar-refractivity contribution is 5.94. The Hall–Kier alpha value is -10.2. The number of carbonyl (C=O) groups excluding carboxylic acids is 4. The van der Waals surface area contributed by atoms with Crippen molar-refractivity contribution in [3.05, 3.63) is 281 Å². The first-order valence-electron chi connectivity index (χ1n) is 26.8. The highest BCUT2D eigenvalue weighted by Gasteiger charge is 2.24. The molecular weight excluding hydrogens is 1050 g/mol. The summed E-state index contributed by atoms with van der Waals surface area (Å²) in [4.78, 5) is 135. The average Bonchev–Trinajstić information content (AvgIpc) is 3.69. The molecule has 4 heterocycles. The fourth-order valence-corrected chi connectivity index (χ4v) is 8.62. The van der Waals surface area contributed by atoms with Crippen molar-refractivity contribution in [3.63, 3.8) is 0 Å². The first-order chi connectivity index (χ1) is 40.0. The van der Waals surface area contributed by atoms with Gasteiger partial charge in [-0.1, -0.05) is 146 Å². The largest absolute Gasteiger partial charge is 0.405 e. The Morgan fingerprint density at radius 2 is 0.622 bits per heavy atom. The summed E-state index contributed by atoms with van der Waals surface area (Å²) in [7, 11) is 0. The Balaban J connectivity index is 0.973. The van der Waals surface area contributed by atoms with Gasteiger partial charge in [0.1, 0.15) is 49.2 Å². The molecule has 422 valence electrons. The number of unbranched alkanes of at least 4 members (excludes halogenated alkanes) is 1. The Morgan fingerprint density at radius 3 is 0.915 bits per heavy atom. The summed E-state index contributed by atoms with van der Waals surface area (Å²) in [6.45, 7) is 0.642. The van der Waals surface area contributed by atoms with Gasteiger partial charge in [-0.25, -0.2) is 0 Å². The fourth-order valence-electron chi connectivity index (χ4n) is 8.62. The lowest BCUT2D eigenvalue weighted by Crippen LogP contribution is -2.41. The third-order valence-electron chi connectivity index (χ3n) is 12.8. The van der Waals surface area contributed by atoms with E-state index in [2.05, 4.69) is 10.6 Å². The number of nitrogens with zero attached hydrogens (tertiary/aromatic N) is 6. The van der Waals surface area contributed by atoms with Gasteiger partial charge in [0.25, 0.3) is 45.9 Å². The zero-order chi connectivity index (χ0) is 57.5. The molecule has 4 aromatic carbocycles. The molecule has 0 fully saturated rings. The lowest BCUT2D eigenvalue weighted by molar-refractivity contribution is 0.0557. The maximum absolute atomic E-state index is 14.6. The molecule has 82 heavy (non-hydrogen) atoms. The van der Waals surface area contributed by atoms with Crippen molar-refractivity contribution < 1.29 is 38.5 Å². The Bertz CT molecular complexity index is 3410. The van der Waals surface area contributed by atoms with E-state index >= 15 is 0 Å². The van der Waals surface area contributed by atoms with Gasteiger partial charge in [-0.05, 0) is 72.2 Å². The number of pyridine rings is 4. The second kappa shape index (κ2) is 29.7. The van der Waals surface area contributed by atoms with Crippen molar-refractivity contribution in [3.8, 4) is 0 Å². The molecular formula is C62H62N8O12. The molecule has 0 spiro atoms. The maximum atomic E-state index is 14.6. The van der Waals surface area contributed by atoms with E-state index in [1.807, 2.05) is 121 Å². The maximum Gasteiger partial charge on any atom is 0.283 e. The van der Waals surface area contributed by atoms with Crippen LogP contribution in [0.5, 0.6) is 0 Å². The van der Waals surface area contributed by atoms with Crippen LogP contribution in [0.1, 0.15) is 89.9 Å². The van der Waals surface area contributed by atoms with Gasteiger partial charge in [0.15, 0.2) is 0 Å². The molecule has 0 saturated carbocycles. The minimum atomic E-state index is -0.582. The van der Waals surface area contributed by atoms with Crippen molar-refractivity contribution in [2.24, 2.45) is 0 Å². The molecule has 0 saturated heterocycles. The topological polar surface area (TPSA) is 224 Å². The molecule has 20 nitrogen and oxygen atoms in total. The number of carbonyl (C=O) groups is 4. The number of hydrogen-bond acceptors (Lipinski definition) is 12. The monoisotopic (exact) mass is 1110 g/mol. The molecule has 0 aliphatic heterocycles. The number of amides is 4. The second-order valence-electron chi connectivity index (χ2n) is 18.7. The van der Waals surface area contributed by atoms with E-state index in [0.29, 0.717) is 12.8 Å². The first kappa shape index (κ1) is 57.9. The van der Waals surface area contributed by atoms with Crippen molar-refractivity contribution in [1.82, 2.24) is 39.4 Å². The molecule has 4 aromatic heterocycles. The Morgan fingerprint density at radius 1 is 0.354 bits per heavy atom. The number of hydrogen-bond donors (Lipinski definition) is 2. The summed E-state index contributed by atoms with van der Waals surface area (Å²) in [5, 5.41) is 5.66. The van der Waals surface area contributed by atoms with Crippen molar-refractivity contribution >= 4 is 23.6 Å². The normalized spacial score (nSPS) is 10.8. The Labute approximate surface area is 471 Å². The molecule has 0 radical (unpaired) electrons. The van der Waals surface area contributed by atoms with Crippen LogP contribution in [0.2, 0.25) is 0 Å². The predicted molar refractivity (Wildman–Crippen MR) is 305 cm³/mol. The third kappa shape index (κ3) is 16.2. The van der Waals surface area contributed by atoms with E-state index in [1.54, 1.807) is 0 Å². The van der Waals surface area contributed by atoms with Gasteiger partial charge in [0.05, 0.1) is 0 Å². The van der Waals surface area contributed by atoms with Crippen molar-refractivity contribution in [2.45, 2.75) is 52.1 Å². The molecule has 8 rings (SSSR count). The van der Waals surface area contributed by atoms with Crippen LogP contribution in [-0.4, -0.2) is 91.6 Å². The van der Waals surface area contributed by atoms with Crippen LogP contribution in [0.15, 0.2) is 213 Å². The molecule has 2 N–H and O–H groups in total. The van der Waals surface area contributed by atoms with Gasteiger partial charge < -0.3 is 39.8 Å². The summed E-state index contributed by atoms with van der Waals surface area (Å²) in [6, 6.07) is 53.6. The third-order valence-corrected chi connectivity index (χ3v) is 12.8. The fraction of sp³-hybridized carbons (Fsp3) is 0.226. The minimum absolute atomic E-state index is 0.00666. The molecule has 8 aromatic rings. The van der Waals surface area contributed by atoms with Crippen LogP contribution in [0.3, 0.4) is 0 Å². The van der Waals surface area contributed by atoms with Crippen LogP contribution in [-0.2, 0) is 26.4 Å². The Kier molecular flexibility index (Phi) is 20.9. The van der Waals surface area contributed by atoms with E-state index in [4.69, 9.17) is 19.4 Å². The zero-order valence-corrected chi connectivity index (χ0v) is 45.0. The number of aromatic nitrogens is 4. The lowest BCUT2D eigenvalue weighted by atomic mass is 10.2. The first-order valence-corrected chi connectivity index (χ1v) is 26.8. The highest BCUT2D eigenvalue weighted by atomic mass is 16.7. The summed E-state index contributed by atoms with van der Waals surface area (Å²) in [5.74, 6) is -2.24. The summed E-state index contributed by atoms with van der Waals surface area (Å²) in [6.07, 6.45) is 1.14. The van der Waals surface area contributed by atoms with Crippen LogP contribution in [0, 0.1) is 0 Å². The molecule has 0 aliphatic carbocycles. The van der Waals surface area contributed by atoms with Crippen LogP contribution >= 0.6 is 0 Å². The zero-order valence-electron chi connectivity index (χ0n) is 45.0. The van der Waals surface area contributed by atoms with E-state index < -0.39 is 45.9 Å². The van der Waals surface area contributed by atoms with Gasteiger partial charge in [-0.15, -0.1) is 18.9 Å². The van der Waals surface area contributed by atoms with Gasteiger partial charge >= 0.3 is 0 Å². The van der Waals surface area contributed by atoms with Crippen LogP contribution in [0.25, 0.3) is 0 Å². The van der Waals surface area contributed by atoms with Gasteiger partial charge in [0.2, 0.25) is 0 Å². The van der Waals surface area contributed by atoms with Gasteiger partial charge in [0, 0.05) is 63.5 Å². The van der Waals surface area contributed by atoms with E-state index in [0.717, 1.165) is 41.2 Å². The molecule has 0 atom stereocenters. The number of nitrogens with one attached hydrogen (secondary N) is 2. The number of rotatable bonds is 29. The number of benzene rings is 4. The molecule has 0 unspecified atom stereocenters. The van der Waals surface area contributed by atoms with Gasteiger partial charge in [-0.2, -0.15) is 0 Å². The molecule has 4 amide bonds. The summed E-state index contributed by atoms with van der Waals surface area (Å²) >= 11 is 0. The van der Waals surface area contributed by atoms with Crippen molar-refractivity contribution in [1.29, 1.82) is 0 Å². The predicted octanol–water partition coefficient (Wildman–Crippen LogP) is 4.85. The second-order valence-corrected chi connectivity index (χ2v) is 18.7. The molecule has 0 aliphatic rings. The highest BCUT2D eigenvalue weighted by Crippen LogP contribution is 2.12. The van der Waals surface area contributed by atoms with E-state index in [1.165, 1.54) is 82.6 Å². The molecule has 0 bridgehead atoms. The van der Waals surface area contributed by atoms with Crippen LogP contribution < -0.4 is 52.2 Å². The van der Waals surface area contributed by atoms with E-state index in [-0.39, 0.29) is 101 Å². The van der Waals surface area contributed by atoms with E-state index in [9.17, 15) is 38.4 Å². The smallest absolute Gasteiger partial charge is 0.283 e. The lowest BCUT2D eigenvalue weighted by Gasteiger charge is -2.26. The van der Waals surface area contributed by atoms with Gasteiger partial charge in [-0.3, -0.25) is 38.4 Å². The summed E-state index contributed by atoms with van der Waals surface area (Å²) in [5.41, 5.74) is 0.785. The van der Waals surface area contributed by atoms with Crippen molar-refractivity contribution in [2.75, 3.05) is 39.3 Å². The SMILES string of the molecule is O=C(NCCCN([14CH2]CC[14CH2]N(CCCNC(=O)c1cccc(=O)n1OCc1ccccc1)C(=O)c1cccc(=O)n1OCc1ccccc1)C(=O)c1cccc(=O)n1OCc1ccccc1)c1cccc(=O)n1OCc1ccccc1. The molecule has 20 heteroatoms. The van der Waals surface area contributed by atoms with Crippen LogP contribution in [0.4, 0.5) is 0 Å². The standard InChI is InChI=1S/C62H62N8O12/c71-55-33-15-29-51(67(55)79-43-47-21-5-1-6-22-47)59(75)63-37-19-41-65(61(77)53-31-17-35-57(73)69(53)81-45-49-25-9-3-10-26-49)39-13-14-40-66(62(78)54-32-18-36-58(74)70(54)82-46-50-27-11-4-12-28-50)42-20-38-64-60(76)52-30-16-34-56(72)68(52)80-44-48-23-7-2-8-24-48/h1-12,15-18,21-36H,13-14,19-20,37-46H2,(H,63,75)(H,64,76)/i39+2,40+2. The average molecular weight is 1120 g/mol. The summed E-state index contributed by atoms with van der Waals surface area (Å²) < 4.78 is 3.80. The quantitative estimate of drug-likeness (QED) is 0.0601.